The second-order valence-corrected chi connectivity index (χ2v) is 8.64. The molecule has 0 radical (unpaired) electrons. The summed E-state index contributed by atoms with van der Waals surface area (Å²) in [5, 5.41) is 6.68. The summed E-state index contributed by atoms with van der Waals surface area (Å²) < 4.78 is 5.28. The number of aromatic nitrogens is 2. The quantitative estimate of drug-likeness (QED) is 0.422. The highest BCUT2D eigenvalue weighted by atomic mass is 32.1. The van der Waals surface area contributed by atoms with Crippen LogP contribution in [0.3, 0.4) is 0 Å². The summed E-state index contributed by atoms with van der Waals surface area (Å²) in [4.78, 5) is 24.3. The van der Waals surface area contributed by atoms with Gasteiger partial charge in [0, 0.05) is 43.3 Å². The number of ether oxygens (including phenoxy) is 1. The van der Waals surface area contributed by atoms with Crippen LogP contribution in [0.25, 0.3) is 21.3 Å². The average molecular weight is 445 g/mol. The number of benzene rings is 2. The highest BCUT2D eigenvalue weighted by Gasteiger charge is 2.21. The summed E-state index contributed by atoms with van der Waals surface area (Å²) in [6, 6.07) is 18.5. The Hall–Kier alpha value is -3.29. The molecule has 32 heavy (non-hydrogen) atoms. The van der Waals surface area contributed by atoms with Gasteiger partial charge in [0.05, 0.1) is 5.39 Å². The van der Waals surface area contributed by atoms with Crippen LogP contribution < -0.4 is 10.2 Å². The molecule has 5 rings (SSSR count). The lowest BCUT2D eigenvalue weighted by Crippen LogP contribution is -2.23. The predicted octanol–water partition coefficient (Wildman–Crippen LogP) is 5.24. The zero-order valence-electron chi connectivity index (χ0n) is 17.9. The van der Waals surface area contributed by atoms with Gasteiger partial charge >= 0.3 is 0 Å². The molecule has 1 N–H and O–H groups in total. The number of hydrogen-bond donors (Lipinski definition) is 1. The van der Waals surface area contributed by atoms with Gasteiger partial charge in [-0.2, -0.15) is 0 Å². The zero-order chi connectivity index (χ0) is 21.9. The van der Waals surface area contributed by atoms with E-state index in [1.807, 2.05) is 35.2 Å². The molecule has 0 spiro atoms. The van der Waals surface area contributed by atoms with Crippen molar-refractivity contribution < 1.29 is 9.53 Å². The Morgan fingerprint density at radius 1 is 1.09 bits per heavy atom. The van der Waals surface area contributed by atoms with Gasteiger partial charge in [-0.15, -0.1) is 11.3 Å². The van der Waals surface area contributed by atoms with Crippen molar-refractivity contribution in [1.29, 1.82) is 0 Å². The molecule has 0 unspecified atom stereocenters. The molecule has 7 heteroatoms. The number of amides is 1. The molecule has 0 saturated carbocycles. The number of carbonyl (C=O) groups is 1. The summed E-state index contributed by atoms with van der Waals surface area (Å²) in [6.45, 7) is 1.79. The van der Waals surface area contributed by atoms with Crippen molar-refractivity contribution in [1.82, 2.24) is 9.97 Å². The fourth-order valence-corrected chi connectivity index (χ4v) is 5.00. The first-order valence-corrected chi connectivity index (χ1v) is 11.6. The van der Waals surface area contributed by atoms with E-state index in [1.165, 1.54) is 0 Å². The standard InChI is InChI=1S/C25H24N4O2S/c1-31-15-21-27-24(23-20(16-32-25(23)28-21)18-6-3-2-4-7-18)26-14-17-9-11-19(12-10-17)29-13-5-8-22(29)30/h2-4,6-7,9-12,16H,5,8,13-15H2,1H3,(H,26,27,28). The van der Waals surface area contributed by atoms with Crippen LogP contribution >= 0.6 is 11.3 Å². The number of nitrogens with one attached hydrogen (secondary N) is 1. The molecular formula is C25H24N4O2S. The molecule has 162 valence electrons. The molecule has 2 aromatic carbocycles. The number of carbonyl (C=O) groups excluding carboxylic acids is 1. The molecule has 6 nitrogen and oxygen atoms in total. The zero-order valence-corrected chi connectivity index (χ0v) is 18.7. The maximum atomic E-state index is 12.0. The third-order valence-corrected chi connectivity index (χ3v) is 6.49. The highest BCUT2D eigenvalue weighted by Crippen LogP contribution is 2.37. The van der Waals surface area contributed by atoms with Crippen LogP contribution in [0.4, 0.5) is 11.5 Å². The Labute approximate surface area is 190 Å². The lowest BCUT2D eigenvalue weighted by atomic mass is 10.1. The van der Waals surface area contributed by atoms with E-state index in [2.05, 4.69) is 35.0 Å². The van der Waals surface area contributed by atoms with Gasteiger partial charge in [-0.25, -0.2) is 9.97 Å². The Kier molecular flexibility index (Phi) is 5.83. The summed E-state index contributed by atoms with van der Waals surface area (Å²) >= 11 is 1.62. The molecule has 3 heterocycles. The van der Waals surface area contributed by atoms with Crippen LogP contribution in [0.15, 0.2) is 60.0 Å². The van der Waals surface area contributed by atoms with E-state index < -0.39 is 0 Å². The number of rotatable bonds is 7. The average Bonchev–Trinajstić information content (AvgIpc) is 3.45. The number of hydrogen-bond acceptors (Lipinski definition) is 6. The van der Waals surface area contributed by atoms with Crippen LogP contribution in [-0.4, -0.2) is 29.5 Å². The minimum Gasteiger partial charge on any atom is -0.377 e. The first-order valence-electron chi connectivity index (χ1n) is 10.7. The number of nitrogens with zero attached hydrogens (tertiary/aromatic N) is 3. The second-order valence-electron chi connectivity index (χ2n) is 7.79. The summed E-state index contributed by atoms with van der Waals surface area (Å²) in [7, 11) is 1.65. The SMILES string of the molecule is COCc1nc(NCc2ccc(N3CCCC3=O)cc2)c2c(-c3ccccc3)csc2n1. The van der Waals surface area contributed by atoms with Crippen molar-refractivity contribution in [2.75, 3.05) is 23.9 Å². The lowest BCUT2D eigenvalue weighted by molar-refractivity contribution is -0.117. The molecule has 1 aliphatic rings. The highest BCUT2D eigenvalue weighted by molar-refractivity contribution is 7.17. The van der Waals surface area contributed by atoms with E-state index >= 15 is 0 Å². The monoisotopic (exact) mass is 444 g/mol. The van der Waals surface area contributed by atoms with Crippen LogP contribution in [0.5, 0.6) is 0 Å². The molecule has 1 saturated heterocycles. The van der Waals surface area contributed by atoms with Crippen LogP contribution in [0, 0.1) is 0 Å². The van der Waals surface area contributed by atoms with Crippen molar-refractivity contribution >= 4 is 39.0 Å². The molecule has 0 bridgehead atoms. The van der Waals surface area contributed by atoms with Gasteiger partial charge < -0.3 is 15.0 Å². The number of thiophene rings is 1. The van der Waals surface area contributed by atoms with Crippen molar-refractivity contribution in [3.05, 3.63) is 71.4 Å². The van der Waals surface area contributed by atoms with Gasteiger partial charge in [-0.1, -0.05) is 42.5 Å². The van der Waals surface area contributed by atoms with Gasteiger partial charge in [0.25, 0.3) is 0 Å². The summed E-state index contributed by atoms with van der Waals surface area (Å²) in [5.74, 6) is 1.67. The van der Waals surface area contributed by atoms with Crippen LogP contribution in [0.1, 0.15) is 24.2 Å². The maximum absolute atomic E-state index is 12.0. The fourth-order valence-electron chi connectivity index (χ4n) is 4.04. The number of fused-ring (bicyclic) bond motifs is 1. The Morgan fingerprint density at radius 2 is 1.91 bits per heavy atom. The molecule has 4 aromatic rings. The lowest BCUT2D eigenvalue weighted by Gasteiger charge is -2.16. The second kappa shape index (κ2) is 9.06. The van der Waals surface area contributed by atoms with Crippen molar-refractivity contribution in [2.24, 2.45) is 0 Å². The van der Waals surface area contributed by atoms with Crippen LogP contribution in [-0.2, 0) is 22.7 Å². The van der Waals surface area contributed by atoms with Gasteiger partial charge in [0.2, 0.25) is 5.91 Å². The van der Waals surface area contributed by atoms with Gasteiger partial charge in [0.15, 0.2) is 5.82 Å². The van der Waals surface area contributed by atoms with E-state index in [4.69, 9.17) is 14.7 Å². The fraction of sp³-hybridized carbons (Fsp3) is 0.240. The first kappa shape index (κ1) is 20.6. The van der Waals surface area contributed by atoms with Gasteiger partial charge in [-0.05, 0) is 29.7 Å². The van der Waals surface area contributed by atoms with E-state index in [1.54, 1.807) is 18.4 Å². The molecule has 1 fully saturated rings. The minimum absolute atomic E-state index is 0.204. The first-order chi connectivity index (χ1) is 15.7. The predicted molar refractivity (Wildman–Crippen MR) is 129 cm³/mol. The molecular weight excluding hydrogens is 420 g/mol. The summed E-state index contributed by atoms with van der Waals surface area (Å²) in [6.07, 6.45) is 1.57. The maximum Gasteiger partial charge on any atom is 0.227 e. The van der Waals surface area contributed by atoms with Gasteiger partial charge in [0.1, 0.15) is 17.3 Å². The van der Waals surface area contributed by atoms with E-state index in [-0.39, 0.29) is 5.91 Å². The van der Waals surface area contributed by atoms with Crippen LogP contribution in [0.2, 0.25) is 0 Å². The molecule has 0 aliphatic carbocycles. The van der Waals surface area contributed by atoms with E-state index in [0.29, 0.717) is 25.4 Å². The smallest absolute Gasteiger partial charge is 0.227 e. The number of methoxy groups -OCH3 is 1. The molecule has 0 atom stereocenters. The summed E-state index contributed by atoms with van der Waals surface area (Å²) in [5.41, 5.74) is 4.36. The largest absolute Gasteiger partial charge is 0.377 e. The third-order valence-electron chi connectivity index (χ3n) is 5.62. The van der Waals surface area contributed by atoms with Gasteiger partial charge in [-0.3, -0.25) is 4.79 Å². The normalized spacial score (nSPS) is 13.8. The third kappa shape index (κ3) is 4.09. The molecule has 2 aromatic heterocycles. The number of anilines is 2. The van der Waals surface area contributed by atoms with E-state index in [0.717, 1.165) is 51.4 Å². The Bertz CT molecular complexity index is 1240. The Balaban J connectivity index is 1.43. The molecule has 1 aliphatic heterocycles. The van der Waals surface area contributed by atoms with Crippen molar-refractivity contribution in [3.63, 3.8) is 0 Å². The molecule has 1 amide bonds. The van der Waals surface area contributed by atoms with Crippen molar-refractivity contribution in [2.45, 2.75) is 26.0 Å². The van der Waals surface area contributed by atoms with Crippen molar-refractivity contribution in [3.8, 4) is 11.1 Å². The Morgan fingerprint density at radius 3 is 2.62 bits per heavy atom. The topological polar surface area (TPSA) is 67.3 Å². The minimum atomic E-state index is 0.204. The van der Waals surface area contributed by atoms with E-state index in [9.17, 15) is 4.79 Å².